The Morgan fingerprint density at radius 2 is 0.310 bits per heavy atom. The number of halogens is 18. The van der Waals surface area contributed by atoms with Crippen molar-refractivity contribution in [1.82, 2.24) is 29.9 Å². The summed E-state index contributed by atoms with van der Waals surface area (Å²) in [6.07, 6.45) is -37.0. The summed E-state index contributed by atoms with van der Waals surface area (Å²) in [5, 5.41) is 0. The molecule has 0 aliphatic heterocycles. The molecule has 4 aromatic rings. The Morgan fingerprint density at radius 3 is 0.381 bits per heavy atom. The lowest BCUT2D eigenvalue weighted by Crippen LogP contribution is -2.24. The minimum Gasteiger partial charge on any atom is -0.237 e. The predicted octanol–water partition coefficient (Wildman–Crippen LogP) is 7.63. The molecule has 0 amide bonds. The lowest BCUT2D eigenvalue weighted by molar-refractivity contribution is -0.167. The van der Waals surface area contributed by atoms with Crippen LogP contribution in [0, 0.1) is 0 Å². The second kappa shape index (κ2) is 8.75. The number of aromatic nitrogens is 6. The van der Waals surface area contributed by atoms with E-state index in [1.54, 1.807) is 0 Å². The smallest absolute Gasteiger partial charge is 0.237 e. The highest BCUT2D eigenvalue weighted by molar-refractivity contribution is 6.18. The summed E-state index contributed by atoms with van der Waals surface area (Å²) >= 11 is 0. The third-order valence-corrected chi connectivity index (χ3v) is 4.97. The van der Waals surface area contributed by atoms with E-state index in [1.807, 2.05) is 0 Å². The molecular formula is C18F18N6. The molecule has 6 nitrogen and oxygen atoms in total. The number of benzene rings is 1. The van der Waals surface area contributed by atoms with Crippen LogP contribution in [0.5, 0.6) is 0 Å². The van der Waals surface area contributed by atoms with E-state index in [9.17, 15) is 79.0 Å². The standard InChI is InChI=1S/C18F18N6/c19-13(20,21)7-8(14(22,23)24)38-2-1(37-7)3-5(40-10(16(28,29)30)9(39-3)15(25,26)27)6-4(2)41-11(17(31,32)33)12(42-6)18(34,35)36. The fourth-order valence-electron chi connectivity index (χ4n) is 3.48. The number of nitrogens with zero attached hydrogens (tertiary/aromatic N) is 6. The van der Waals surface area contributed by atoms with Gasteiger partial charge < -0.3 is 0 Å². The minimum absolute atomic E-state index is 1.98. The van der Waals surface area contributed by atoms with Crippen molar-refractivity contribution in [3.63, 3.8) is 0 Å². The zero-order valence-electron chi connectivity index (χ0n) is 18.5. The van der Waals surface area contributed by atoms with Crippen LogP contribution in [-0.2, 0) is 37.1 Å². The molecule has 0 aliphatic rings. The van der Waals surface area contributed by atoms with Crippen LogP contribution in [0.25, 0.3) is 33.1 Å². The molecule has 0 atom stereocenters. The normalized spacial score (nSPS) is 14.4. The van der Waals surface area contributed by atoms with Crippen LogP contribution in [0.3, 0.4) is 0 Å². The zero-order chi connectivity index (χ0) is 32.2. The Kier molecular flexibility index (Phi) is 6.44. The first-order chi connectivity index (χ1) is 18.6. The van der Waals surface area contributed by atoms with Crippen LogP contribution in [0.2, 0.25) is 0 Å². The Bertz CT molecular complexity index is 1380. The predicted molar refractivity (Wildman–Crippen MR) is 95.7 cm³/mol. The van der Waals surface area contributed by atoms with E-state index < -0.39 is 104 Å². The van der Waals surface area contributed by atoms with Gasteiger partial charge in [-0.1, -0.05) is 0 Å². The van der Waals surface area contributed by atoms with Crippen molar-refractivity contribution in [2.45, 2.75) is 37.1 Å². The Morgan fingerprint density at radius 1 is 0.214 bits per heavy atom. The molecule has 0 spiro atoms. The van der Waals surface area contributed by atoms with Crippen LogP contribution >= 0.6 is 0 Å². The van der Waals surface area contributed by atoms with E-state index in [1.165, 1.54) is 0 Å². The van der Waals surface area contributed by atoms with Gasteiger partial charge in [-0.2, -0.15) is 79.0 Å². The molecule has 0 bridgehead atoms. The van der Waals surface area contributed by atoms with Gasteiger partial charge in [-0.25, -0.2) is 29.9 Å². The molecule has 24 heteroatoms. The van der Waals surface area contributed by atoms with E-state index in [0.717, 1.165) is 0 Å². The van der Waals surface area contributed by atoms with Gasteiger partial charge >= 0.3 is 37.1 Å². The van der Waals surface area contributed by atoms with E-state index >= 15 is 0 Å². The molecule has 0 saturated carbocycles. The second-order valence-corrected chi connectivity index (χ2v) is 7.84. The van der Waals surface area contributed by atoms with Gasteiger partial charge in [0.2, 0.25) is 0 Å². The molecule has 228 valence electrons. The van der Waals surface area contributed by atoms with Gasteiger partial charge in [0.05, 0.1) is 0 Å². The Hall–Kier alpha value is -4.02. The molecule has 0 N–H and O–H groups in total. The average molecular weight is 642 g/mol. The summed E-state index contributed by atoms with van der Waals surface area (Å²) in [4.78, 5) is 14.6. The van der Waals surface area contributed by atoms with Crippen molar-refractivity contribution >= 4 is 33.1 Å². The van der Waals surface area contributed by atoms with E-state index in [0.29, 0.717) is 0 Å². The molecule has 0 unspecified atom stereocenters. The van der Waals surface area contributed by atoms with E-state index in [-0.39, 0.29) is 0 Å². The number of fused-ring (bicyclic) bond motifs is 6. The maximum Gasteiger partial charge on any atom is 0.435 e. The highest BCUT2D eigenvalue weighted by atomic mass is 19.4. The van der Waals surface area contributed by atoms with Crippen molar-refractivity contribution in [2.24, 2.45) is 0 Å². The maximum atomic E-state index is 13.4. The average Bonchev–Trinajstić information content (AvgIpc) is 2.78. The van der Waals surface area contributed by atoms with E-state index in [2.05, 4.69) is 29.9 Å². The highest BCUT2D eigenvalue weighted by Crippen LogP contribution is 2.45. The van der Waals surface area contributed by atoms with Crippen LogP contribution in [0.1, 0.15) is 34.2 Å². The van der Waals surface area contributed by atoms with Crippen molar-refractivity contribution in [2.75, 3.05) is 0 Å². The summed E-state index contributed by atoms with van der Waals surface area (Å²) in [5.74, 6) is 0. The highest BCUT2D eigenvalue weighted by Gasteiger charge is 2.51. The summed E-state index contributed by atoms with van der Waals surface area (Å²) in [5.41, 5.74) is -30.2. The number of rotatable bonds is 0. The monoisotopic (exact) mass is 642 g/mol. The van der Waals surface area contributed by atoms with Crippen molar-refractivity contribution in [3.05, 3.63) is 34.2 Å². The quantitative estimate of drug-likeness (QED) is 0.145. The largest absolute Gasteiger partial charge is 0.435 e. The van der Waals surface area contributed by atoms with Gasteiger partial charge in [-0.15, -0.1) is 0 Å². The topological polar surface area (TPSA) is 77.3 Å². The molecule has 0 radical (unpaired) electrons. The first kappa shape index (κ1) is 30.9. The lowest BCUT2D eigenvalue weighted by Gasteiger charge is -2.19. The fourth-order valence-corrected chi connectivity index (χ4v) is 3.48. The SMILES string of the molecule is FC(F)(F)c1nc2c3nc(C(F)(F)F)c(C(F)(F)F)nc3c3nc(C(F)(F)F)c(C(F)(F)F)nc3c2nc1C(F)(F)F. The zero-order valence-corrected chi connectivity index (χ0v) is 18.5. The molecule has 1 aromatic carbocycles. The van der Waals surface area contributed by atoms with Gasteiger partial charge in [-0.3, -0.25) is 0 Å². The number of hydrogen-bond donors (Lipinski definition) is 0. The van der Waals surface area contributed by atoms with Crippen LogP contribution in [0.15, 0.2) is 0 Å². The van der Waals surface area contributed by atoms with Crippen molar-refractivity contribution in [1.29, 1.82) is 0 Å². The summed E-state index contributed by atoms with van der Waals surface area (Å²) in [6, 6.07) is 0. The third-order valence-electron chi connectivity index (χ3n) is 4.97. The Balaban J connectivity index is 2.46. The van der Waals surface area contributed by atoms with Crippen LogP contribution in [-0.4, -0.2) is 29.9 Å². The summed E-state index contributed by atoms with van der Waals surface area (Å²) in [6.45, 7) is 0. The van der Waals surface area contributed by atoms with Crippen molar-refractivity contribution < 1.29 is 79.0 Å². The van der Waals surface area contributed by atoms with Gasteiger partial charge in [0.15, 0.2) is 34.2 Å². The molecule has 3 aromatic heterocycles. The molecule has 0 saturated heterocycles. The van der Waals surface area contributed by atoms with Crippen LogP contribution < -0.4 is 0 Å². The first-order valence-electron chi connectivity index (χ1n) is 9.83. The molecule has 3 heterocycles. The maximum absolute atomic E-state index is 13.4. The third kappa shape index (κ3) is 5.20. The number of hydrogen-bond acceptors (Lipinski definition) is 6. The van der Waals surface area contributed by atoms with Gasteiger partial charge in [-0.05, 0) is 0 Å². The van der Waals surface area contributed by atoms with Crippen molar-refractivity contribution in [3.8, 4) is 0 Å². The fraction of sp³-hybridized carbons (Fsp3) is 0.333. The minimum atomic E-state index is -6.16. The molecule has 0 fully saturated rings. The summed E-state index contributed by atoms with van der Waals surface area (Å²) in [7, 11) is 0. The Labute approximate surface area is 214 Å². The molecule has 42 heavy (non-hydrogen) atoms. The van der Waals surface area contributed by atoms with Gasteiger partial charge in [0, 0.05) is 0 Å². The van der Waals surface area contributed by atoms with E-state index in [4.69, 9.17) is 0 Å². The van der Waals surface area contributed by atoms with Gasteiger partial charge in [0.25, 0.3) is 0 Å². The second-order valence-electron chi connectivity index (χ2n) is 7.84. The number of alkyl halides is 18. The first-order valence-corrected chi connectivity index (χ1v) is 9.83. The lowest BCUT2D eigenvalue weighted by atomic mass is 10.1. The summed E-state index contributed by atoms with van der Waals surface area (Å²) < 4.78 is 242. The van der Waals surface area contributed by atoms with Crippen LogP contribution in [0.4, 0.5) is 79.0 Å². The molecule has 0 aliphatic carbocycles. The van der Waals surface area contributed by atoms with Gasteiger partial charge in [0.1, 0.15) is 33.1 Å². The molecular weight excluding hydrogens is 642 g/mol. The molecule has 4 rings (SSSR count).